The first-order valence-electron chi connectivity index (χ1n) is 9.77. The fraction of sp³-hybridized carbons (Fsp3) is 0.182. The molecule has 166 valence electrons. The number of amides is 2. The van der Waals surface area contributed by atoms with Crippen molar-refractivity contribution < 1.29 is 14.0 Å². The van der Waals surface area contributed by atoms with Gasteiger partial charge in [0, 0.05) is 23.3 Å². The number of anilines is 1. The Morgan fingerprint density at radius 1 is 1.19 bits per heavy atom. The summed E-state index contributed by atoms with van der Waals surface area (Å²) < 4.78 is 15.1. The molecule has 3 rings (SSSR count). The molecule has 0 atom stereocenters. The smallest absolute Gasteiger partial charge is 0.244 e. The lowest BCUT2D eigenvalue weighted by molar-refractivity contribution is -0.116. The lowest BCUT2D eigenvalue weighted by Gasteiger charge is -2.08. The number of nitrogens with zero attached hydrogens (tertiary/aromatic N) is 3. The Balaban J connectivity index is 1.53. The van der Waals surface area contributed by atoms with Crippen LogP contribution in [0.3, 0.4) is 0 Å². The average molecular weight is 474 g/mol. The van der Waals surface area contributed by atoms with Crippen LogP contribution in [0.5, 0.6) is 0 Å². The van der Waals surface area contributed by atoms with Gasteiger partial charge in [0.25, 0.3) is 0 Å². The van der Waals surface area contributed by atoms with Crippen molar-refractivity contribution in [3.05, 3.63) is 76.8 Å². The normalized spacial score (nSPS) is 11.0. The van der Waals surface area contributed by atoms with Crippen molar-refractivity contribution in [2.75, 3.05) is 11.1 Å². The molecule has 1 heterocycles. The zero-order valence-corrected chi connectivity index (χ0v) is 18.8. The van der Waals surface area contributed by atoms with Crippen LogP contribution in [0.15, 0.2) is 59.8 Å². The topological polar surface area (TPSA) is 88.9 Å². The number of hydrogen-bond donors (Lipinski definition) is 2. The molecule has 32 heavy (non-hydrogen) atoms. The van der Waals surface area contributed by atoms with Crippen molar-refractivity contribution in [1.29, 1.82) is 0 Å². The molecule has 1 aromatic heterocycles. The summed E-state index contributed by atoms with van der Waals surface area (Å²) in [7, 11) is 0. The average Bonchev–Trinajstić information content (AvgIpc) is 3.17. The highest BCUT2D eigenvalue weighted by Gasteiger charge is 2.14. The molecular weight excluding hydrogens is 453 g/mol. The van der Waals surface area contributed by atoms with E-state index in [-0.39, 0.29) is 24.1 Å². The fourth-order valence-corrected chi connectivity index (χ4v) is 3.79. The van der Waals surface area contributed by atoms with E-state index in [1.54, 1.807) is 18.2 Å². The second-order valence-corrected chi connectivity index (χ2v) is 7.91. The molecule has 0 saturated carbocycles. The predicted octanol–water partition coefficient (Wildman–Crippen LogP) is 4.15. The van der Waals surface area contributed by atoms with E-state index in [9.17, 15) is 14.0 Å². The van der Waals surface area contributed by atoms with Crippen LogP contribution in [0.25, 0.3) is 6.08 Å². The van der Waals surface area contributed by atoms with Crippen LogP contribution in [0.2, 0.25) is 5.02 Å². The van der Waals surface area contributed by atoms with Crippen LogP contribution in [-0.4, -0.2) is 32.3 Å². The highest BCUT2D eigenvalue weighted by Crippen LogP contribution is 2.18. The molecule has 0 aliphatic heterocycles. The summed E-state index contributed by atoms with van der Waals surface area (Å²) in [6, 6.07) is 12.9. The number of nitrogens with one attached hydrogen (secondary N) is 2. The van der Waals surface area contributed by atoms with Crippen molar-refractivity contribution in [2.24, 2.45) is 0 Å². The third kappa shape index (κ3) is 6.66. The Morgan fingerprint density at radius 3 is 2.75 bits per heavy atom. The van der Waals surface area contributed by atoms with E-state index in [4.69, 9.17) is 11.6 Å². The van der Waals surface area contributed by atoms with Gasteiger partial charge < -0.3 is 15.2 Å². The standard InChI is InChI=1S/C22H21ClFN5O2S/c1-2-29-19(13-25-20(30)11-10-15-6-3-4-9-18(15)23)27-28-22(29)32-14-21(31)26-17-8-5-7-16(24)12-17/h3-12H,2,13-14H2,1H3,(H,25,30)(H,26,31). The van der Waals surface area contributed by atoms with Crippen LogP contribution in [0, 0.1) is 5.82 Å². The minimum absolute atomic E-state index is 0.0849. The Kier molecular flexibility index (Phi) is 8.41. The van der Waals surface area contributed by atoms with Crippen molar-refractivity contribution in [2.45, 2.75) is 25.2 Å². The fourth-order valence-electron chi connectivity index (χ4n) is 2.77. The molecule has 2 amide bonds. The molecule has 0 fully saturated rings. The molecule has 2 aromatic carbocycles. The summed E-state index contributed by atoms with van der Waals surface area (Å²) in [6.45, 7) is 2.67. The van der Waals surface area contributed by atoms with Crippen molar-refractivity contribution >= 4 is 46.9 Å². The van der Waals surface area contributed by atoms with E-state index in [0.29, 0.717) is 28.2 Å². The number of benzene rings is 2. The number of hydrogen-bond acceptors (Lipinski definition) is 5. The summed E-state index contributed by atoms with van der Waals surface area (Å²) in [5.41, 5.74) is 1.14. The largest absolute Gasteiger partial charge is 0.345 e. The van der Waals surface area contributed by atoms with Gasteiger partial charge in [0.2, 0.25) is 11.8 Å². The first kappa shape index (κ1) is 23.5. The third-order valence-electron chi connectivity index (χ3n) is 4.29. The highest BCUT2D eigenvalue weighted by atomic mass is 35.5. The van der Waals surface area contributed by atoms with Crippen molar-refractivity contribution in [1.82, 2.24) is 20.1 Å². The quantitative estimate of drug-likeness (QED) is 0.360. The monoisotopic (exact) mass is 473 g/mol. The van der Waals surface area contributed by atoms with E-state index in [1.165, 1.54) is 36.0 Å². The van der Waals surface area contributed by atoms with Gasteiger partial charge in [-0.05, 0) is 42.8 Å². The predicted molar refractivity (Wildman–Crippen MR) is 124 cm³/mol. The number of aromatic nitrogens is 3. The van der Waals surface area contributed by atoms with E-state index < -0.39 is 5.82 Å². The van der Waals surface area contributed by atoms with Crippen LogP contribution < -0.4 is 10.6 Å². The van der Waals surface area contributed by atoms with Crippen molar-refractivity contribution in [3.63, 3.8) is 0 Å². The summed E-state index contributed by atoms with van der Waals surface area (Å²) >= 11 is 7.28. The lowest BCUT2D eigenvalue weighted by Crippen LogP contribution is -2.22. The minimum atomic E-state index is -0.422. The molecule has 0 aliphatic rings. The van der Waals surface area contributed by atoms with E-state index in [1.807, 2.05) is 29.7 Å². The first-order chi connectivity index (χ1) is 15.5. The molecule has 0 spiro atoms. The van der Waals surface area contributed by atoms with E-state index in [0.717, 1.165) is 5.56 Å². The van der Waals surface area contributed by atoms with Gasteiger partial charge in [-0.3, -0.25) is 9.59 Å². The van der Waals surface area contributed by atoms with Gasteiger partial charge in [0.1, 0.15) is 5.82 Å². The number of halogens is 2. The Labute approximate surface area is 194 Å². The zero-order chi connectivity index (χ0) is 22.9. The second-order valence-electron chi connectivity index (χ2n) is 6.56. The summed E-state index contributed by atoms with van der Waals surface area (Å²) in [5.74, 6) is -0.346. The summed E-state index contributed by atoms with van der Waals surface area (Å²) in [5, 5.41) is 14.7. The molecule has 0 bridgehead atoms. The van der Waals surface area contributed by atoms with E-state index in [2.05, 4.69) is 20.8 Å². The third-order valence-corrected chi connectivity index (χ3v) is 5.60. The first-order valence-corrected chi connectivity index (χ1v) is 11.1. The number of carbonyl (C=O) groups excluding carboxylic acids is 2. The molecule has 2 N–H and O–H groups in total. The van der Waals surface area contributed by atoms with Gasteiger partial charge in [-0.15, -0.1) is 10.2 Å². The van der Waals surface area contributed by atoms with Gasteiger partial charge >= 0.3 is 0 Å². The number of thioether (sulfide) groups is 1. The lowest BCUT2D eigenvalue weighted by atomic mass is 10.2. The zero-order valence-electron chi connectivity index (χ0n) is 17.2. The van der Waals surface area contributed by atoms with Crippen molar-refractivity contribution in [3.8, 4) is 0 Å². The molecular formula is C22H21ClFN5O2S. The molecule has 7 nitrogen and oxygen atoms in total. The minimum Gasteiger partial charge on any atom is -0.345 e. The number of rotatable bonds is 9. The molecule has 0 radical (unpaired) electrons. The maximum atomic E-state index is 13.2. The van der Waals surface area contributed by atoms with Gasteiger partial charge in [-0.25, -0.2) is 4.39 Å². The molecule has 0 unspecified atom stereocenters. The number of carbonyl (C=O) groups is 2. The van der Waals surface area contributed by atoms with Gasteiger partial charge in [-0.1, -0.05) is 47.6 Å². The molecule has 0 aliphatic carbocycles. The molecule has 0 saturated heterocycles. The van der Waals surface area contributed by atoms with Crippen LogP contribution in [-0.2, 0) is 22.7 Å². The maximum Gasteiger partial charge on any atom is 0.244 e. The Hall–Kier alpha value is -3.17. The van der Waals surface area contributed by atoms with Gasteiger partial charge in [-0.2, -0.15) is 0 Å². The molecule has 10 heteroatoms. The Morgan fingerprint density at radius 2 is 2.00 bits per heavy atom. The van der Waals surface area contributed by atoms with E-state index >= 15 is 0 Å². The Bertz CT molecular complexity index is 1140. The second kappa shape index (κ2) is 11.4. The summed E-state index contributed by atoms with van der Waals surface area (Å²) in [4.78, 5) is 24.3. The highest BCUT2D eigenvalue weighted by molar-refractivity contribution is 7.99. The van der Waals surface area contributed by atoms with Crippen LogP contribution in [0.1, 0.15) is 18.3 Å². The SMILES string of the molecule is CCn1c(CNC(=O)C=Cc2ccccc2Cl)nnc1SCC(=O)Nc1cccc(F)c1. The van der Waals surface area contributed by atoms with Crippen LogP contribution >= 0.6 is 23.4 Å². The maximum absolute atomic E-state index is 13.2. The van der Waals surface area contributed by atoms with Crippen LogP contribution in [0.4, 0.5) is 10.1 Å². The van der Waals surface area contributed by atoms with Gasteiger partial charge in [0.05, 0.1) is 12.3 Å². The molecule has 3 aromatic rings. The summed E-state index contributed by atoms with van der Waals surface area (Å²) in [6.07, 6.45) is 3.04. The van der Waals surface area contributed by atoms with Gasteiger partial charge in [0.15, 0.2) is 11.0 Å².